The van der Waals surface area contributed by atoms with E-state index in [9.17, 15) is 19.2 Å². The number of fused-ring (bicyclic) bond motifs is 1. The van der Waals surface area contributed by atoms with Gasteiger partial charge >= 0.3 is 17.5 Å². The van der Waals surface area contributed by atoms with Crippen molar-refractivity contribution in [1.82, 2.24) is 15.5 Å². The number of hydrogen-bond acceptors (Lipinski definition) is 11. The van der Waals surface area contributed by atoms with Gasteiger partial charge in [-0.2, -0.15) is 0 Å². The maximum atomic E-state index is 13.3. The van der Waals surface area contributed by atoms with Crippen LogP contribution in [0.3, 0.4) is 0 Å². The van der Waals surface area contributed by atoms with Gasteiger partial charge in [0.05, 0.1) is 5.56 Å². The smallest absolute Gasteiger partial charge is 0.485 e. The van der Waals surface area contributed by atoms with Crippen molar-refractivity contribution in [3.8, 4) is 17.2 Å². The van der Waals surface area contributed by atoms with Gasteiger partial charge in [-0.05, 0) is 102 Å². The van der Waals surface area contributed by atoms with Crippen LogP contribution >= 0.6 is 11.8 Å². The SMILES string of the molecule is CCCCSC(=O)Oc1ccc(COC(=O)Oc2ccc(C)c3c2OC2CC=CC4C(C)N(C)CC[C@]324)cc1C(=O)NCCNC(=O)OC(C)(C)C. The summed E-state index contributed by atoms with van der Waals surface area (Å²) >= 11 is 1.03. The largest absolute Gasteiger partial charge is 0.514 e. The van der Waals surface area contributed by atoms with Crippen LogP contribution in [0, 0.1) is 12.8 Å². The van der Waals surface area contributed by atoms with Crippen LogP contribution < -0.4 is 24.8 Å². The number of unbranched alkanes of at least 4 members (excludes halogenated alkanes) is 1. The predicted molar refractivity (Wildman–Crippen MR) is 198 cm³/mol. The molecule has 1 fully saturated rings. The first-order valence-electron chi connectivity index (χ1n) is 18.0. The second-order valence-electron chi connectivity index (χ2n) is 14.6. The second kappa shape index (κ2) is 16.6. The summed E-state index contributed by atoms with van der Waals surface area (Å²) in [4.78, 5) is 53.3. The van der Waals surface area contributed by atoms with Crippen LogP contribution in [-0.4, -0.2) is 78.5 Å². The molecule has 1 spiro atoms. The van der Waals surface area contributed by atoms with Gasteiger partial charge in [0.1, 0.15) is 24.1 Å². The van der Waals surface area contributed by atoms with Gasteiger partial charge in [0.25, 0.3) is 5.91 Å². The van der Waals surface area contributed by atoms with E-state index in [0.29, 0.717) is 28.9 Å². The monoisotopic (exact) mass is 737 g/mol. The number of amides is 2. The fourth-order valence-electron chi connectivity index (χ4n) is 7.25. The lowest BCUT2D eigenvalue weighted by Crippen LogP contribution is -2.58. The Morgan fingerprint density at radius 3 is 2.56 bits per heavy atom. The van der Waals surface area contributed by atoms with Crippen molar-refractivity contribution in [2.45, 2.75) is 97.0 Å². The zero-order valence-electron chi connectivity index (χ0n) is 31.2. The van der Waals surface area contributed by atoms with Gasteiger partial charge < -0.3 is 39.2 Å². The Morgan fingerprint density at radius 1 is 1.06 bits per heavy atom. The van der Waals surface area contributed by atoms with Gasteiger partial charge in [0, 0.05) is 48.2 Å². The number of likely N-dealkylation sites (tertiary alicyclic amines) is 1. The van der Waals surface area contributed by atoms with Crippen LogP contribution in [-0.2, 0) is 21.5 Å². The topological polar surface area (TPSA) is 142 Å². The van der Waals surface area contributed by atoms with E-state index >= 15 is 0 Å². The van der Waals surface area contributed by atoms with Gasteiger partial charge in [0.15, 0.2) is 11.5 Å². The molecule has 13 heteroatoms. The normalized spacial score (nSPS) is 21.9. The van der Waals surface area contributed by atoms with Crippen molar-refractivity contribution in [3.05, 3.63) is 64.7 Å². The summed E-state index contributed by atoms with van der Waals surface area (Å²) in [6.07, 6.45) is 6.44. The molecule has 2 aromatic rings. The van der Waals surface area contributed by atoms with Crippen LogP contribution in [0.2, 0.25) is 0 Å². The molecular weight excluding hydrogens is 687 g/mol. The van der Waals surface area contributed by atoms with Crippen LogP contribution in [0.4, 0.5) is 14.4 Å². The lowest BCUT2D eigenvalue weighted by molar-refractivity contribution is 0.0157. The third-order valence-electron chi connectivity index (χ3n) is 9.84. The highest BCUT2D eigenvalue weighted by molar-refractivity contribution is 8.13. The molecule has 2 amide bonds. The number of carbonyl (C=O) groups is 4. The standard InChI is InChI=1S/C39H51N3O9S/c1-8-9-21-52-37(46)49-29-16-14-26(22-27(29)34(43)40-18-19-41-35(44)51-38(4,5)6)23-47-36(45)48-30-15-13-24(2)32-33(30)50-31-12-10-11-28-25(3)42(7)20-17-39(28,31)32/h10-11,13-16,22,25,28,31H,8-9,12,17-21,23H2,1-7H3,(H,40,43)(H,41,44)/t25?,28?,31?,39-/m1/s1. The Balaban J connectivity index is 1.26. The summed E-state index contributed by atoms with van der Waals surface area (Å²) < 4.78 is 28.6. The molecule has 3 aliphatic rings. The first-order chi connectivity index (χ1) is 24.7. The molecule has 2 N–H and O–H groups in total. The van der Waals surface area contributed by atoms with E-state index in [-0.39, 0.29) is 48.4 Å². The summed E-state index contributed by atoms with van der Waals surface area (Å²) in [6.45, 7) is 12.5. The highest BCUT2D eigenvalue weighted by Gasteiger charge is 2.59. The van der Waals surface area contributed by atoms with Gasteiger partial charge in [-0.3, -0.25) is 4.79 Å². The summed E-state index contributed by atoms with van der Waals surface area (Å²) in [5.41, 5.74) is 1.88. The number of nitrogens with zero attached hydrogens (tertiary/aromatic N) is 1. The molecule has 5 rings (SSSR count). The molecule has 3 unspecified atom stereocenters. The van der Waals surface area contributed by atoms with Crippen molar-refractivity contribution >= 4 is 35.2 Å². The molecule has 2 aliphatic heterocycles. The quantitative estimate of drug-likeness (QED) is 0.104. The molecule has 0 bridgehead atoms. The Labute approximate surface area is 310 Å². The van der Waals surface area contributed by atoms with Gasteiger partial charge in [-0.25, -0.2) is 14.4 Å². The van der Waals surface area contributed by atoms with E-state index in [4.69, 9.17) is 23.7 Å². The number of benzene rings is 2. The minimum atomic E-state index is -0.921. The molecule has 52 heavy (non-hydrogen) atoms. The number of piperidine rings is 1. The maximum Gasteiger partial charge on any atom is 0.514 e. The molecule has 0 saturated carbocycles. The number of thioether (sulfide) groups is 1. The Morgan fingerprint density at radius 2 is 1.81 bits per heavy atom. The summed E-state index contributed by atoms with van der Waals surface area (Å²) in [6, 6.07) is 8.63. The molecule has 4 atom stereocenters. The molecule has 282 valence electrons. The third-order valence-corrected chi connectivity index (χ3v) is 10.7. The molecule has 0 radical (unpaired) electrons. The first kappa shape index (κ1) is 39.0. The third kappa shape index (κ3) is 8.86. The average molecular weight is 738 g/mol. The molecule has 12 nitrogen and oxygen atoms in total. The van der Waals surface area contributed by atoms with Gasteiger partial charge in [-0.1, -0.05) is 37.6 Å². The number of rotatable bonds is 11. The fourth-order valence-corrected chi connectivity index (χ4v) is 8.00. The van der Waals surface area contributed by atoms with Crippen molar-refractivity contribution in [3.63, 3.8) is 0 Å². The average Bonchev–Trinajstić information content (AvgIpc) is 3.44. The molecule has 2 heterocycles. The van der Waals surface area contributed by atoms with Crippen LogP contribution in [0.25, 0.3) is 0 Å². The van der Waals surface area contributed by atoms with Gasteiger partial charge in [-0.15, -0.1) is 0 Å². The van der Waals surface area contributed by atoms with E-state index in [1.807, 2.05) is 13.0 Å². The lowest BCUT2D eigenvalue weighted by atomic mass is 9.58. The number of aryl methyl sites for hydroxylation is 1. The molecule has 1 aliphatic carbocycles. The molecular formula is C39H51N3O9S. The first-order valence-corrected chi connectivity index (χ1v) is 19.0. The van der Waals surface area contributed by atoms with E-state index in [1.165, 1.54) is 12.1 Å². The Kier molecular flexibility index (Phi) is 12.5. The number of ether oxygens (including phenoxy) is 5. The second-order valence-corrected chi connectivity index (χ2v) is 15.6. The zero-order valence-corrected chi connectivity index (χ0v) is 32.0. The number of nitrogens with one attached hydrogen (secondary N) is 2. The van der Waals surface area contributed by atoms with Crippen molar-refractivity contribution < 1.29 is 42.9 Å². The van der Waals surface area contributed by atoms with E-state index in [2.05, 4.69) is 48.6 Å². The molecule has 2 aromatic carbocycles. The highest BCUT2D eigenvalue weighted by Crippen LogP contribution is 2.59. The summed E-state index contributed by atoms with van der Waals surface area (Å²) in [7, 11) is 2.16. The summed E-state index contributed by atoms with van der Waals surface area (Å²) in [5, 5.41) is 4.77. The predicted octanol–water partition coefficient (Wildman–Crippen LogP) is 7.30. The van der Waals surface area contributed by atoms with E-state index in [0.717, 1.165) is 55.1 Å². The Bertz CT molecular complexity index is 1690. The zero-order chi connectivity index (χ0) is 37.6. The summed E-state index contributed by atoms with van der Waals surface area (Å²) in [5.74, 6) is 1.27. The highest BCUT2D eigenvalue weighted by atomic mass is 32.2. The van der Waals surface area contributed by atoms with E-state index in [1.54, 1.807) is 32.9 Å². The minimum Gasteiger partial charge on any atom is -0.485 e. The fraction of sp³-hybridized carbons (Fsp3) is 0.538. The molecule has 0 aromatic heterocycles. The van der Waals surface area contributed by atoms with Crippen molar-refractivity contribution in [1.29, 1.82) is 0 Å². The van der Waals surface area contributed by atoms with Gasteiger partial charge in [0.2, 0.25) is 0 Å². The maximum absolute atomic E-state index is 13.3. The van der Waals surface area contributed by atoms with Crippen molar-refractivity contribution in [2.24, 2.45) is 5.92 Å². The van der Waals surface area contributed by atoms with Crippen molar-refractivity contribution in [2.75, 3.05) is 32.4 Å². The van der Waals surface area contributed by atoms with E-state index < -0.39 is 29.1 Å². The van der Waals surface area contributed by atoms with Crippen LogP contribution in [0.1, 0.15) is 87.4 Å². The van der Waals surface area contributed by atoms with Crippen LogP contribution in [0.5, 0.6) is 17.2 Å². The lowest BCUT2D eigenvalue weighted by Gasteiger charge is -2.52. The number of alkyl carbamates (subject to hydrolysis) is 1. The number of carbonyl (C=O) groups excluding carboxylic acids is 4. The minimum absolute atomic E-state index is 0.0524. The Hall–Kier alpha value is -4.23. The van der Waals surface area contributed by atoms with Crippen LogP contribution in [0.15, 0.2) is 42.5 Å². The molecule has 1 saturated heterocycles. The number of hydrogen-bond donors (Lipinski definition) is 2.